The van der Waals surface area contributed by atoms with Crippen molar-refractivity contribution >= 4 is 11.9 Å². The Hall–Kier alpha value is -2.61. The molecule has 2 fully saturated rings. The van der Waals surface area contributed by atoms with E-state index in [4.69, 9.17) is 4.74 Å². The van der Waals surface area contributed by atoms with Gasteiger partial charge in [0, 0.05) is 51.5 Å². The number of hydrogen-bond donors (Lipinski definition) is 0. The summed E-state index contributed by atoms with van der Waals surface area (Å²) in [6, 6.07) is 2.09. The standard InChI is InChI=1S/C19H24N6O2/c1-27-13-15-11-19(14-25(15)18-22-5-2-6-23-18)3-9-24(10-4-19)17(26)16-12-20-7-8-21-16/h2,5-8,12,15H,3-4,9-11,13-14H2,1H3/t15-/m0/s1. The molecule has 0 bridgehead atoms. The number of aromatic nitrogens is 4. The molecule has 0 aromatic carbocycles. The normalized spacial score (nSPS) is 21.6. The van der Waals surface area contributed by atoms with Gasteiger partial charge in [-0.1, -0.05) is 0 Å². The Kier molecular flexibility index (Phi) is 4.98. The van der Waals surface area contributed by atoms with Crippen LogP contribution in [0.25, 0.3) is 0 Å². The van der Waals surface area contributed by atoms with Crippen LogP contribution in [0.4, 0.5) is 5.95 Å². The summed E-state index contributed by atoms with van der Waals surface area (Å²) in [5.74, 6) is 0.724. The summed E-state index contributed by atoms with van der Waals surface area (Å²) in [7, 11) is 1.73. The average Bonchev–Trinajstić information content (AvgIpc) is 3.07. The van der Waals surface area contributed by atoms with E-state index >= 15 is 0 Å². The first-order chi connectivity index (χ1) is 13.2. The molecule has 0 unspecified atom stereocenters. The molecule has 27 heavy (non-hydrogen) atoms. The monoisotopic (exact) mass is 368 g/mol. The number of ether oxygens (including phenoxy) is 1. The molecule has 1 atom stereocenters. The lowest BCUT2D eigenvalue weighted by Gasteiger charge is -2.39. The molecule has 142 valence electrons. The maximum Gasteiger partial charge on any atom is 0.274 e. The third kappa shape index (κ3) is 3.62. The SMILES string of the molecule is COC[C@@H]1CC2(CCN(C(=O)c3cnccn3)CC2)CN1c1ncccn1. The minimum Gasteiger partial charge on any atom is -0.383 e. The van der Waals surface area contributed by atoms with Gasteiger partial charge in [-0.25, -0.2) is 15.0 Å². The van der Waals surface area contributed by atoms with Gasteiger partial charge in [-0.3, -0.25) is 9.78 Å². The van der Waals surface area contributed by atoms with Crippen molar-refractivity contribution in [3.8, 4) is 0 Å². The summed E-state index contributed by atoms with van der Waals surface area (Å²) in [5.41, 5.74) is 0.582. The number of rotatable bonds is 4. The van der Waals surface area contributed by atoms with Crippen LogP contribution in [0.1, 0.15) is 29.8 Å². The quantitative estimate of drug-likeness (QED) is 0.807. The number of likely N-dealkylation sites (tertiary alicyclic amines) is 1. The van der Waals surface area contributed by atoms with Gasteiger partial charge in [0.25, 0.3) is 5.91 Å². The van der Waals surface area contributed by atoms with Gasteiger partial charge in [0.05, 0.1) is 18.8 Å². The van der Waals surface area contributed by atoms with E-state index in [1.54, 1.807) is 31.9 Å². The summed E-state index contributed by atoms with van der Waals surface area (Å²) in [4.78, 5) is 33.8. The van der Waals surface area contributed by atoms with Crippen molar-refractivity contribution in [1.82, 2.24) is 24.8 Å². The smallest absolute Gasteiger partial charge is 0.274 e. The van der Waals surface area contributed by atoms with E-state index < -0.39 is 0 Å². The predicted octanol–water partition coefficient (Wildman–Crippen LogP) is 1.41. The van der Waals surface area contributed by atoms with Crippen LogP contribution in [-0.2, 0) is 4.74 Å². The molecule has 0 saturated carbocycles. The largest absolute Gasteiger partial charge is 0.383 e. The molecule has 1 spiro atoms. The minimum absolute atomic E-state index is 0.0346. The highest BCUT2D eigenvalue weighted by Gasteiger charge is 2.47. The molecule has 0 aliphatic carbocycles. The van der Waals surface area contributed by atoms with Gasteiger partial charge in [-0.2, -0.15) is 0 Å². The molecule has 0 radical (unpaired) electrons. The van der Waals surface area contributed by atoms with Gasteiger partial charge < -0.3 is 14.5 Å². The molecule has 2 aromatic heterocycles. The first-order valence-electron chi connectivity index (χ1n) is 9.29. The van der Waals surface area contributed by atoms with Gasteiger partial charge in [0.1, 0.15) is 5.69 Å². The Morgan fingerprint density at radius 2 is 1.96 bits per heavy atom. The summed E-state index contributed by atoms with van der Waals surface area (Å²) < 4.78 is 5.45. The molecule has 8 nitrogen and oxygen atoms in total. The minimum atomic E-state index is -0.0346. The summed E-state index contributed by atoms with van der Waals surface area (Å²) in [6.45, 7) is 3.03. The third-order valence-electron chi connectivity index (χ3n) is 5.68. The molecule has 1 amide bonds. The van der Waals surface area contributed by atoms with E-state index in [0.717, 1.165) is 44.8 Å². The lowest BCUT2D eigenvalue weighted by Crippen LogP contribution is -2.44. The van der Waals surface area contributed by atoms with Crippen molar-refractivity contribution in [2.45, 2.75) is 25.3 Å². The van der Waals surface area contributed by atoms with Crippen LogP contribution in [0.3, 0.4) is 0 Å². The second-order valence-corrected chi connectivity index (χ2v) is 7.37. The van der Waals surface area contributed by atoms with Crippen molar-refractivity contribution in [1.29, 1.82) is 0 Å². The molecular formula is C19H24N6O2. The molecule has 8 heteroatoms. The second kappa shape index (κ2) is 7.56. The maximum absolute atomic E-state index is 12.6. The Labute approximate surface area is 158 Å². The molecule has 0 N–H and O–H groups in total. The van der Waals surface area contributed by atoms with E-state index in [1.807, 2.05) is 11.0 Å². The third-order valence-corrected chi connectivity index (χ3v) is 5.68. The first kappa shape index (κ1) is 17.8. The Morgan fingerprint density at radius 3 is 2.63 bits per heavy atom. The van der Waals surface area contributed by atoms with Gasteiger partial charge in [-0.15, -0.1) is 0 Å². The van der Waals surface area contributed by atoms with Crippen LogP contribution in [0, 0.1) is 5.41 Å². The highest BCUT2D eigenvalue weighted by molar-refractivity contribution is 5.92. The molecule has 2 saturated heterocycles. The van der Waals surface area contributed by atoms with Crippen molar-refractivity contribution in [3.05, 3.63) is 42.7 Å². The summed E-state index contributed by atoms with van der Waals surface area (Å²) in [6.07, 6.45) is 11.2. The number of carbonyl (C=O) groups is 1. The van der Waals surface area contributed by atoms with Crippen LogP contribution in [-0.4, -0.2) is 70.1 Å². The van der Waals surface area contributed by atoms with Crippen LogP contribution < -0.4 is 4.90 Å². The summed E-state index contributed by atoms with van der Waals surface area (Å²) >= 11 is 0. The Morgan fingerprint density at radius 1 is 1.19 bits per heavy atom. The number of hydrogen-bond acceptors (Lipinski definition) is 7. The fraction of sp³-hybridized carbons (Fsp3) is 0.526. The van der Waals surface area contributed by atoms with Crippen LogP contribution in [0.15, 0.2) is 37.1 Å². The van der Waals surface area contributed by atoms with E-state index in [1.165, 1.54) is 6.20 Å². The zero-order valence-corrected chi connectivity index (χ0v) is 15.5. The van der Waals surface area contributed by atoms with Crippen molar-refractivity contribution in [2.75, 3.05) is 38.3 Å². The van der Waals surface area contributed by atoms with E-state index in [-0.39, 0.29) is 17.4 Å². The predicted molar refractivity (Wildman–Crippen MR) is 99.3 cm³/mol. The summed E-state index contributed by atoms with van der Waals surface area (Å²) in [5, 5.41) is 0. The second-order valence-electron chi connectivity index (χ2n) is 7.37. The van der Waals surface area contributed by atoms with Crippen molar-refractivity contribution in [3.63, 3.8) is 0 Å². The zero-order valence-electron chi connectivity index (χ0n) is 15.5. The number of amides is 1. The van der Waals surface area contributed by atoms with Crippen LogP contribution in [0.2, 0.25) is 0 Å². The lowest BCUT2D eigenvalue weighted by atomic mass is 9.76. The van der Waals surface area contributed by atoms with Crippen LogP contribution >= 0.6 is 0 Å². The Balaban J connectivity index is 1.45. The van der Waals surface area contributed by atoms with Crippen molar-refractivity contribution < 1.29 is 9.53 Å². The number of anilines is 1. The maximum atomic E-state index is 12.6. The molecule has 2 aliphatic rings. The highest BCUT2D eigenvalue weighted by Crippen LogP contribution is 2.44. The number of piperidine rings is 1. The molecule has 2 aliphatic heterocycles. The number of carbonyl (C=O) groups excluding carboxylic acids is 1. The molecule has 4 heterocycles. The fourth-order valence-corrected chi connectivity index (χ4v) is 4.30. The van der Waals surface area contributed by atoms with E-state index in [9.17, 15) is 4.79 Å². The highest BCUT2D eigenvalue weighted by atomic mass is 16.5. The topological polar surface area (TPSA) is 84.3 Å². The average molecular weight is 368 g/mol. The van der Waals surface area contributed by atoms with Crippen molar-refractivity contribution in [2.24, 2.45) is 5.41 Å². The van der Waals surface area contributed by atoms with Gasteiger partial charge >= 0.3 is 0 Å². The van der Waals surface area contributed by atoms with Gasteiger partial charge in [0.15, 0.2) is 0 Å². The fourth-order valence-electron chi connectivity index (χ4n) is 4.30. The van der Waals surface area contributed by atoms with Gasteiger partial charge in [-0.05, 0) is 30.7 Å². The molecule has 2 aromatic rings. The number of nitrogens with zero attached hydrogens (tertiary/aromatic N) is 6. The van der Waals surface area contributed by atoms with Gasteiger partial charge in [0.2, 0.25) is 5.95 Å². The van der Waals surface area contributed by atoms with Crippen LogP contribution in [0.5, 0.6) is 0 Å². The van der Waals surface area contributed by atoms with E-state index in [2.05, 4.69) is 24.8 Å². The Bertz CT molecular complexity index is 764. The molecular weight excluding hydrogens is 344 g/mol. The lowest BCUT2D eigenvalue weighted by molar-refractivity contribution is 0.0592. The van der Waals surface area contributed by atoms with E-state index in [0.29, 0.717) is 12.3 Å². The first-order valence-corrected chi connectivity index (χ1v) is 9.29. The number of methoxy groups -OCH3 is 1. The zero-order chi connectivity index (χ0) is 18.7. The molecule has 4 rings (SSSR count).